The zero-order valence-electron chi connectivity index (χ0n) is 12.9. The van der Waals surface area contributed by atoms with Crippen molar-refractivity contribution in [1.82, 2.24) is 4.98 Å². The van der Waals surface area contributed by atoms with Crippen LogP contribution in [0.3, 0.4) is 0 Å². The van der Waals surface area contributed by atoms with Crippen LogP contribution in [0.2, 0.25) is 0 Å². The predicted octanol–water partition coefficient (Wildman–Crippen LogP) is 3.79. The molecule has 1 aromatic heterocycles. The average molecular weight is 303 g/mol. The van der Waals surface area contributed by atoms with Crippen LogP contribution in [-0.4, -0.2) is 17.4 Å². The van der Waals surface area contributed by atoms with Gasteiger partial charge in [0.15, 0.2) is 0 Å². The van der Waals surface area contributed by atoms with E-state index in [0.717, 1.165) is 26.9 Å². The summed E-state index contributed by atoms with van der Waals surface area (Å²) < 4.78 is 5.67. The Labute approximate surface area is 129 Å². The molecule has 0 saturated heterocycles. The second-order valence-electron chi connectivity index (χ2n) is 5.79. The number of rotatable bonds is 4. The molecule has 0 unspecified atom stereocenters. The van der Waals surface area contributed by atoms with Gasteiger partial charge in [-0.15, -0.1) is 11.3 Å². The summed E-state index contributed by atoms with van der Waals surface area (Å²) in [5.74, 6) is 0.877. The van der Waals surface area contributed by atoms with Crippen LogP contribution in [0.1, 0.15) is 38.3 Å². The van der Waals surface area contributed by atoms with E-state index in [-0.39, 0.29) is 11.3 Å². The van der Waals surface area contributed by atoms with Gasteiger partial charge in [-0.05, 0) is 19.1 Å². The van der Waals surface area contributed by atoms with Gasteiger partial charge < -0.3 is 10.5 Å². The Bertz CT molecular complexity index is 656. The number of nitrogen functional groups attached to an aromatic ring is 1. The normalized spacial score (nSPS) is 11.4. The van der Waals surface area contributed by atoms with Gasteiger partial charge in [0, 0.05) is 5.41 Å². The fraction of sp³-hybridized carbons (Fsp3) is 0.375. The summed E-state index contributed by atoms with van der Waals surface area (Å²) in [6, 6.07) is 7.83. The van der Waals surface area contributed by atoms with E-state index >= 15 is 0 Å². The third kappa shape index (κ3) is 3.24. The minimum Gasteiger partial charge on any atom is -0.493 e. The van der Waals surface area contributed by atoms with Crippen LogP contribution in [0.4, 0.5) is 0 Å². The number of ether oxygens (including phenoxy) is 1. The van der Waals surface area contributed by atoms with E-state index in [0.29, 0.717) is 6.61 Å². The molecule has 0 atom stereocenters. The van der Waals surface area contributed by atoms with Crippen LogP contribution in [0.15, 0.2) is 24.3 Å². The maximum absolute atomic E-state index is 7.78. The van der Waals surface area contributed by atoms with Gasteiger partial charge in [0.1, 0.15) is 16.6 Å². The molecule has 0 aliphatic rings. The number of hydrogen-bond donors (Lipinski definition) is 2. The number of para-hydroxylation sites is 1. The van der Waals surface area contributed by atoms with Gasteiger partial charge in [0.25, 0.3) is 0 Å². The molecule has 112 valence electrons. The molecular weight excluding hydrogens is 282 g/mol. The molecule has 4 nitrogen and oxygen atoms in total. The predicted molar refractivity (Wildman–Crippen MR) is 88.4 cm³/mol. The van der Waals surface area contributed by atoms with Crippen LogP contribution in [0, 0.1) is 5.41 Å². The largest absolute Gasteiger partial charge is 0.493 e. The van der Waals surface area contributed by atoms with Crippen LogP contribution in [0.25, 0.3) is 10.6 Å². The standard InChI is InChI=1S/C16H21N3OS/c1-5-20-11-9-7-6-8-10(11)15-19-13(16(2,3)4)12(21-15)14(17)18/h6-9H,5H2,1-4H3,(H3,17,18). The van der Waals surface area contributed by atoms with Crippen molar-refractivity contribution in [2.24, 2.45) is 5.73 Å². The Morgan fingerprint density at radius 1 is 1.33 bits per heavy atom. The summed E-state index contributed by atoms with van der Waals surface area (Å²) in [4.78, 5) is 5.47. The van der Waals surface area contributed by atoms with E-state index < -0.39 is 0 Å². The number of benzene rings is 1. The van der Waals surface area contributed by atoms with Crippen molar-refractivity contribution in [2.75, 3.05) is 6.61 Å². The molecule has 1 heterocycles. The third-order valence-electron chi connectivity index (χ3n) is 3.00. The number of amidine groups is 1. The van der Waals surface area contributed by atoms with Gasteiger partial charge in [0.05, 0.1) is 22.7 Å². The first kappa shape index (κ1) is 15.5. The van der Waals surface area contributed by atoms with Crippen LogP contribution in [0.5, 0.6) is 5.75 Å². The molecule has 3 N–H and O–H groups in total. The highest BCUT2D eigenvalue weighted by Gasteiger charge is 2.25. The first-order chi connectivity index (χ1) is 9.84. The Hall–Kier alpha value is -1.88. The number of nitrogens with zero attached hydrogens (tertiary/aromatic N) is 1. The van der Waals surface area contributed by atoms with E-state index in [1.165, 1.54) is 11.3 Å². The SMILES string of the molecule is CCOc1ccccc1-c1nc(C(C)(C)C)c(C(=N)N)s1. The van der Waals surface area contributed by atoms with Gasteiger partial charge >= 0.3 is 0 Å². The van der Waals surface area contributed by atoms with E-state index in [2.05, 4.69) is 20.8 Å². The summed E-state index contributed by atoms with van der Waals surface area (Å²) in [5.41, 5.74) is 7.37. The maximum atomic E-state index is 7.78. The van der Waals surface area contributed by atoms with E-state index in [1.807, 2.05) is 31.2 Å². The molecule has 2 aromatic rings. The Kier molecular flexibility index (Phi) is 4.32. The smallest absolute Gasteiger partial charge is 0.135 e. The summed E-state index contributed by atoms with van der Waals surface area (Å²) in [6.07, 6.45) is 0. The molecule has 21 heavy (non-hydrogen) atoms. The number of thiazole rings is 1. The van der Waals surface area contributed by atoms with Crippen molar-refractivity contribution in [3.8, 4) is 16.3 Å². The monoisotopic (exact) mass is 303 g/mol. The second kappa shape index (κ2) is 5.85. The average Bonchev–Trinajstić information content (AvgIpc) is 2.85. The zero-order valence-corrected chi connectivity index (χ0v) is 13.7. The van der Waals surface area contributed by atoms with Crippen molar-refractivity contribution in [3.63, 3.8) is 0 Å². The molecule has 0 amide bonds. The highest BCUT2D eigenvalue weighted by molar-refractivity contribution is 7.17. The lowest BCUT2D eigenvalue weighted by molar-refractivity contribution is 0.341. The van der Waals surface area contributed by atoms with E-state index in [4.69, 9.17) is 20.9 Å². The summed E-state index contributed by atoms with van der Waals surface area (Å²) in [5, 5.41) is 8.63. The van der Waals surface area contributed by atoms with Crippen LogP contribution in [-0.2, 0) is 5.41 Å². The van der Waals surface area contributed by atoms with Gasteiger partial charge in [-0.25, -0.2) is 4.98 Å². The molecule has 0 saturated carbocycles. The number of aromatic nitrogens is 1. The molecule has 0 spiro atoms. The molecule has 0 radical (unpaired) electrons. The van der Waals surface area contributed by atoms with Gasteiger partial charge in [0.2, 0.25) is 0 Å². The highest BCUT2D eigenvalue weighted by atomic mass is 32.1. The molecule has 1 aromatic carbocycles. The van der Waals surface area contributed by atoms with Gasteiger partial charge in [-0.1, -0.05) is 32.9 Å². The summed E-state index contributed by atoms with van der Waals surface area (Å²) in [7, 11) is 0. The van der Waals surface area contributed by atoms with Crippen molar-refractivity contribution in [3.05, 3.63) is 34.8 Å². The fourth-order valence-corrected chi connectivity index (χ4v) is 3.22. The lowest BCUT2D eigenvalue weighted by Crippen LogP contribution is -2.19. The van der Waals surface area contributed by atoms with Crippen molar-refractivity contribution in [2.45, 2.75) is 33.1 Å². The summed E-state index contributed by atoms with van der Waals surface area (Å²) >= 11 is 1.45. The molecular formula is C16H21N3OS. The lowest BCUT2D eigenvalue weighted by Gasteiger charge is -2.17. The third-order valence-corrected chi connectivity index (χ3v) is 4.12. The van der Waals surface area contributed by atoms with Crippen LogP contribution >= 0.6 is 11.3 Å². The van der Waals surface area contributed by atoms with Crippen molar-refractivity contribution >= 4 is 17.2 Å². The fourth-order valence-electron chi connectivity index (χ4n) is 2.05. The zero-order chi connectivity index (χ0) is 15.6. The quantitative estimate of drug-likeness (QED) is 0.666. The molecule has 2 rings (SSSR count). The molecule has 0 fully saturated rings. The van der Waals surface area contributed by atoms with Gasteiger partial charge in [-0.3, -0.25) is 5.41 Å². The lowest BCUT2D eigenvalue weighted by atomic mass is 9.91. The minimum absolute atomic E-state index is 0.0672. The number of hydrogen-bond acceptors (Lipinski definition) is 4. The first-order valence-electron chi connectivity index (χ1n) is 6.92. The molecule has 5 heteroatoms. The summed E-state index contributed by atoms with van der Waals surface area (Å²) in [6.45, 7) is 8.79. The van der Waals surface area contributed by atoms with Gasteiger partial charge in [-0.2, -0.15) is 0 Å². The van der Waals surface area contributed by atoms with Crippen molar-refractivity contribution in [1.29, 1.82) is 5.41 Å². The van der Waals surface area contributed by atoms with E-state index in [1.54, 1.807) is 0 Å². The number of nitrogens with one attached hydrogen (secondary N) is 1. The minimum atomic E-state index is -0.156. The molecule has 0 aliphatic heterocycles. The Morgan fingerprint density at radius 2 is 2.00 bits per heavy atom. The first-order valence-corrected chi connectivity index (χ1v) is 7.74. The highest BCUT2D eigenvalue weighted by Crippen LogP contribution is 2.37. The Balaban J connectivity index is 2.58. The molecule has 0 aliphatic carbocycles. The second-order valence-corrected chi connectivity index (χ2v) is 6.79. The van der Waals surface area contributed by atoms with Crippen molar-refractivity contribution < 1.29 is 4.74 Å². The van der Waals surface area contributed by atoms with Crippen LogP contribution < -0.4 is 10.5 Å². The Morgan fingerprint density at radius 3 is 2.52 bits per heavy atom. The maximum Gasteiger partial charge on any atom is 0.135 e. The van der Waals surface area contributed by atoms with E-state index in [9.17, 15) is 0 Å². The molecule has 0 bridgehead atoms. The topological polar surface area (TPSA) is 72.0 Å². The number of nitrogens with two attached hydrogens (primary N) is 1.